The highest BCUT2D eigenvalue weighted by atomic mass is 32.2. The number of sulfone groups is 1. The summed E-state index contributed by atoms with van der Waals surface area (Å²) in [6.45, 7) is 1.31. The van der Waals surface area contributed by atoms with E-state index in [1.54, 1.807) is 9.80 Å². The van der Waals surface area contributed by atoms with Gasteiger partial charge in [-0.3, -0.25) is 4.79 Å². The van der Waals surface area contributed by atoms with Gasteiger partial charge in [-0.25, -0.2) is 27.2 Å². The second kappa shape index (κ2) is 9.21. The van der Waals surface area contributed by atoms with Gasteiger partial charge < -0.3 is 15.1 Å². The lowest BCUT2D eigenvalue weighted by atomic mass is 10.0. The van der Waals surface area contributed by atoms with Crippen LogP contribution in [-0.2, 0) is 20.8 Å². The molecule has 0 spiro atoms. The van der Waals surface area contributed by atoms with Crippen LogP contribution in [0.3, 0.4) is 0 Å². The molecule has 2 saturated heterocycles. The molecule has 4 rings (SSSR count). The standard InChI is InChI=1S/C21H22F5N5O3S/c1-35(33,34)17-9-13(22)16(8-14(17)23)29-15-4-7-31(20(15)32)12-2-5-30(6-3-12)19-11-27-18(10-28-19)21(24,25)26/h8-12,15,29H,2-7H2,1H3/t15-/m0/s1. The summed E-state index contributed by atoms with van der Waals surface area (Å²) >= 11 is 0. The fourth-order valence-corrected chi connectivity index (χ4v) is 5.08. The van der Waals surface area contributed by atoms with Crippen molar-refractivity contribution in [3.8, 4) is 0 Å². The van der Waals surface area contributed by atoms with Gasteiger partial charge in [-0.1, -0.05) is 0 Å². The Labute approximate surface area is 198 Å². The van der Waals surface area contributed by atoms with Crippen LogP contribution in [0.2, 0.25) is 0 Å². The Kier molecular flexibility index (Phi) is 6.60. The number of alkyl halides is 3. The predicted octanol–water partition coefficient (Wildman–Crippen LogP) is 2.86. The number of benzene rings is 1. The number of aromatic nitrogens is 2. The SMILES string of the molecule is CS(=O)(=O)c1cc(F)c(N[C@H]2CCN(C3CCN(c4cnc(C(F)(F)F)cn4)CC3)C2=O)cc1F. The third kappa shape index (κ3) is 5.31. The van der Waals surface area contributed by atoms with E-state index in [0.717, 1.165) is 18.5 Å². The van der Waals surface area contributed by atoms with Crippen LogP contribution in [-0.4, -0.2) is 67.2 Å². The lowest BCUT2D eigenvalue weighted by Crippen LogP contribution is -2.47. The van der Waals surface area contributed by atoms with Gasteiger partial charge in [-0.05, 0) is 25.3 Å². The maximum Gasteiger partial charge on any atom is 0.434 e. The fraction of sp³-hybridized carbons (Fsp3) is 0.476. The van der Waals surface area contributed by atoms with Gasteiger partial charge in [0.25, 0.3) is 0 Å². The number of amides is 1. The Morgan fingerprint density at radius 3 is 2.26 bits per heavy atom. The molecule has 0 bridgehead atoms. The number of halogens is 5. The van der Waals surface area contributed by atoms with Gasteiger partial charge in [0.1, 0.15) is 28.4 Å². The minimum absolute atomic E-state index is 0.123. The van der Waals surface area contributed by atoms with Crippen LogP contribution in [0.25, 0.3) is 0 Å². The van der Waals surface area contributed by atoms with Gasteiger partial charge in [0.15, 0.2) is 15.5 Å². The summed E-state index contributed by atoms with van der Waals surface area (Å²) in [5.41, 5.74) is -1.37. The second-order valence-electron chi connectivity index (χ2n) is 8.53. The lowest BCUT2D eigenvalue weighted by molar-refractivity contribution is -0.141. The molecule has 1 amide bonds. The number of carbonyl (C=O) groups is 1. The molecular weight excluding hydrogens is 497 g/mol. The zero-order valence-electron chi connectivity index (χ0n) is 18.5. The highest BCUT2D eigenvalue weighted by Crippen LogP contribution is 2.30. The van der Waals surface area contributed by atoms with E-state index in [-0.39, 0.29) is 17.6 Å². The largest absolute Gasteiger partial charge is 0.434 e. The Morgan fingerprint density at radius 1 is 1.00 bits per heavy atom. The van der Waals surface area contributed by atoms with Gasteiger partial charge in [0.2, 0.25) is 5.91 Å². The zero-order valence-corrected chi connectivity index (χ0v) is 19.3. The summed E-state index contributed by atoms with van der Waals surface area (Å²) < 4.78 is 89.7. The highest BCUT2D eigenvalue weighted by molar-refractivity contribution is 7.90. The maximum absolute atomic E-state index is 14.4. The first-order chi connectivity index (χ1) is 16.3. The molecule has 0 unspecified atom stereocenters. The maximum atomic E-state index is 14.4. The molecule has 2 aliphatic rings. The Balaban J connectivity index is 1.36. The van der Waals surface area contributed by atoms with E-state index in [4.69, 9.17) is 0 Å². The van der Waals surface area contributed by atoms with Gasteiger partial charge >= 0.3 is 6.18 Å². The molecule has 2 fully saturated rings. The van der Waals surface area contributed by atoms with E-state index in [9.17, 15) is 35.2 Å². The number of carbonyl (C=O) groups excluding carboxylic acids is 1. The van der Waals surface area contributed by atoms with Gasteiger partial charge in [-0.2, -0.15) is 13.2 Å². The minimum Gasteiger partial charge on any atom is -0.371 e. The Morgan fingerprint density at radius 2 is 1.69 bits per heavy atom. The molecule has 0 aliphatic carbocycles. The van der Waals surface area contributed by atoms with E-state index >= 15 is 0 Å². The molecule has 1 aromatic heterocycles. The number of nitrogens with zero attached hydrogens (tertiary/aromatic N) is 4. The normalized spacial score (nSPS) is 19.9. The number of likely N-dealkylation sites (tertiary alicyclic amines) is 1. The van der Waals surface area contributed by atoms with E-state index in [1.165, 1.54) is 0 Å². The molecule has 1 atom stereocenters. The number of anilines is 2. The van der Waals surface area contributed by atoms with Gasteiger partial charge in [-0.15, -0.1) is 0 Å². The molecule has 2 aromatic rings. The van der Waals surface area contributed by atoms with Crippen molar-refractivity contribution in [1.82, 2.24) is 14.9 Å². The molecule has 1 aromatic carbocycles. The highest BCUT2D eigenvalue weighted by Gasteiger charge is 2.38. The fourth-order valence-electron chi connectivity index (χ4n) is 4.35. The number of rotatable bonds is 5. The minimum atomic E-state index is -4.57. The third-order valence-corrected chi connectivity index (χ3v) is 7.26. The summed E-state index contributed by atoms with van der Waals surface area (Å²) in [6.07, 6.45) is -0.590. The third-order valence-electron chi connectivity index (χ3n) is 6.15. The molecule has 2 aliphatic heterocycles. The number of hydrogen-bond acceptors (Lipinski definition) is 7. The average Bonchev–Trinajstić information content (AvgIpc) is 3.15. The molecule has 1 N–H and O–H groups in total. The van der Waals surface area contributed by atoms with Crippen molar-refractivity contribution in [2.45, 2.75) is 42.4 Å². The van der Waals surface area contributed by atoms with Gasteiger partial charge in [0, 0.05) is 38.0 Å². The number of hydrogen-bond donors (Lipinski definition) is 1. The van der Waals surface area contributed by atoms with Crippen molar-refractivity contribution in [2.75, 3.05) is 36.1 Å². The second-order valence-corrected chi connectivity index (χ2v) is 10.5. The zero-order chi connectivity index (χ0) is 25.5. The molecule has 3 heterocycles. The van der Waals surface area contributed by atoms with Crippen LogP contribution in [0.4, 0.5) is 33.5 Å². The topological polar surface area (TPSA) is 95.5 Å². The average molecular weight is 519 g/mol. The Hall–Kier alpha value is -3.03. The number of nitrogens with one attached hydrogen (secondary N) is 1. The van der Waals surface area contributed by atoms with Crippen molar-refractivity contribution >= 4 is 27.2 Å². The number of piperidine rings is 1. The molecular formula is C21H22F5N5O3S. The molecule has 14 heteroatoms. The molecule has 0 radical (unpaired) electrons. The first kappa shape index (κ1) is 25.1. The molecule has 8 nitrogen and oxygen atoms in total. The molecule has 190 valence electrons. The first-order valence-electron chi connectivity index (χ1n) is 10.7. The van der Waals surface area contributed by atoms with Crippen molar-refractivity contribution in [1.29, 1.82) is 0 Å². The van der Waals surface area contributed by atoms with Crippen molar-refractivity contribution in [3.05, 3.63) is 41.9 Å². The van der Waals surface area contributed by atoms with E-state index in [0.29, 0.717) is 57.0 Å². The van der Waals surface area contributed by atoms with E-state index < -0.39 is 44.3 Å². The smallest absolute Gasteiger partial charge is 0.371 e. The van der Waals surface area contributed by atoms with Gasteiger partial charge in [0.05, 0.1) is 18.1 Å². The Bertz CT molecular complexity index is 1220. The van der Waals surface area contributed by atoms with Crippen molar-refractivity contribution < 1.29 is 35.2 Å². The van der Waals surface area contributed by atoms with Crippen molar-refractivity contribution in [2.24, 2.45) is 0 Å². The van der Waals surface area contributed by atoms with Crippen molar-refractivity contribution in [3.63, 3.8) is 0 Å². The molecule has 35 heavy (non-hydrogen) atoms. The summed E-state index contributed by atoms with van der Waals surface area (Å²) in [4.78, 5) is 22.9. The monoisotopic (exact) mass is 519 g/mol. The van der Waals surface area contributed by atoms with Crippen LogP contribution in [0.5, 0.6) is 0 Å². The molecule has 0 saturated carbocycles. The van der Waals surface area contributed by atoms with Crippen LogP contribution in [0.15, 0.2) is 29.4 Å². The quantitative estimate of drug-likeness (QED) is 0.607. The predicted molar refractivity (Wildman–Crippen MR) is 115 cm³/mol. The lowest BCUT2D eigenvalue weighted by Gasteiger charge is -2.37. The van der Waals surface area contributed by atoms with Crippen LogP contribution < -0.4 is 10.2 Å². The van der Waals surface area contributed by atoms with Crippen LogP contribution in [0.1, 0.15) is 25.0 Å². The summed E-state index contributed by atoms with van der Waals surface area (Å²) in [5.74, 6) is -2.06. The summed E-state index contributed by atoms with van der Waals surface area (Å²) in [6, 6.07) is 0.393. The van der Waals surface area contributed by atoms with Crippen LogP contribution >= 0.6 is 0 Å². The first-order valence-corrected chi connectivity index (χ1v) is 12.6. The van der Waals surface area contributed by atoms with E-state index in [2.05, 4.69) is 15.3 Å². The summed E-state index contributed by atoms with van der Waals surface area (Å²) in [7, 11) is -3.95. The summed E-state index contributed by atoms with van der Waals surface area (Å²) in [5, 5.41) is 2.68. The van der Waals surface area contributed by atoms with E-state index in [1.807, 2.05) is 0 Å². The van der Waals surface area contributed by atoms with Crippen LogP contribution in [0, 0.1) is 11.6 Å².